The van der Waals surface area contributed by atoms with Gasteiger partial charge in [0.25, 0.3) is 0 Å². The van der Waals surface area contributed by atoms with Crippen LogP contribution >= 0.6 is 0 Å². The van der Waals surface area contributed by atoms with E-state index < -0.39 is 12.0 Å². The van der Waals surface area contributed by atoms with Crippen LogP contribution in [0.25, 0.3) is 0 Å². The first-order chi connectivity index (χ1) is 10.1. The van der Waals surface area contributed by atoms with Crippen LogP contribution in [0.5, 0.6) is 5.75 Å². The van der Waals surface area contributed by atoms with Crippen LogP contribution in [0.3, 0.4) is 0 Å². The molecule has 0 spiro atoms. The lowest BCUT2D eigenvalue weighted by atomic mass is 10.1. The van der Waals surface area contributed by atoms with Crippen LogP contribution in [0.15, 0.2) is 48.5 Å². The lowest BCUT2D eigenvalue weighted by molar-refractivity contribution is -0.138. The summed E-state index contributed by atoms with van der Waals surface area (Å²) in [7, 11) is 0. The summed E-state index contributed by atoms with van der Waals surface area (Å²) < 4.78 is 5.43. The number of ether oxygens (including phenoxy) is 1. The molecule has 2 aromatic rings. The first-order valence-corrected chi connectivity index (χ1v) is 6.89. The van der Waals surface area contributed by atoms with Crippen molar-refractivity contribution in [2.75, 3.05) is 11.9 Å². The average Bonchev–Trinajstić information content (AvgIpc) is 2.46. The van der Waals surface area contributed by atoms with Crippen LogP contribution in [-0.2, 0) is 4.79 Å². The molecule has 4 heteroatoms. The summed E-state index contributed by atoms with van der Waals surface area (Å²) in [5.74, 6) is -0.250. The fourth-order valence-corrected chi connectivity index (χ4v) is 2.13. The van der Waals surface area contributed by atoms with Gasteiger partial charge in [-0.2, -0.15) is 0 Å². The number of carboxylic acid groups (broad SMARTS) is 1. The Balaban J connectivity index is 2.29. The fourth-order valence-electron chi connectivity index (χ4n) is 2.13. The number of hydrogen-bond acceptors (Lipinski definition) is 3. The maximum absolute atomic E-state index is 11.6. The predicted octanol–water partition coefficient (Wildman–Crippen LogP) is 3.63. The fraction of sp³-hybridized carbons (Fsp3) is 0.235. The number of nitrogens with one attached hydrogen (secondary N) is 1. The molecular weight excluding hydrogens is 266 g/mol. The van der Waals surface area contributed by atoms with Gasteiger partial charge in [0, 0.05) is 5.69 Å². The smallest absolute Gasteiger partial charge is 0.330 e. The van der Waals surface area contributed by atoms with Gasteiger partial charge in [-0.3, -0.25) is 0 Å². The highest BCUT2D eigenvalue weighted by Gasteiger charge is 2.20. The zero-order valence-corrected chi connectivity index (χ0v) is 12.2. The van der Waals surface area contributed by atoms with Crippen LogP contribution in [-0.4, -0.2) is 17.7 Å². The lowest BCUT2D eigenvalue weighted by Crippen LogP contribution is -2.21. The van der Waals surface area contributed by atoms with Crippen molar-refractivity contribution in [3.63, 3.8) is 0 Å². The number of benzene rings is 2. The van der Waals surface area contributed by atoms with E-state index in [0.717, 1.165) is 11.3 Å². The molecule has 110 valence electrons. The Hall–Kier alpha value is -2.49. The molecule has 1 atom stereocenters. The number of anilines is 1. The molecule has 0 aliphatic rings. The summed E-state index contributed by atoms with van der Waals surface area (Å²) in [6, 6.07) is 14.0. The molecule has 2 rings (SSSR count). The van der Waals surface area contributed by atoms with E-state index in [1.807, 2.05) is 44.2 Å². The summed E-state index contributed by atoms with van der Waals surface area (Å²) in [5, 5.41) is 12.6. The second kappa shape index (κ2) is 6.79. The average molecular weight is 285 g/mol. The van der Waals surface area contributed by atoms with Crippen molar-refractivity contribution in [2.45, 2.75) is 19.9 Å². The largest absolute Gasteiger partial charge is 0.494 e. The van der Waals surface area contributed by atoms with Crippen molar-refractivity contribution >= 4 is 11.7 Å². The van der Waals surface area contributed by atoms with Crippen molar-refractivity contribution in [1.82, 2.24) is 0 Å². The van der Waals surface area contributed by atoms with E-state index in [4.69, 9.17) is 4.74 Å². The van der Waals surface area contributed by atoms with E-state index in [9.17, 15) is 9.90 Å². The van der Waals surface area contributed by atoms with Crippen LogP contribution in [0, 0.1) is 6.92 Å². The molecule has 0 fully saturated rings. The second-order valence-corrected chi connectivity index (χ2v) is 4.74. The van der Waals surface area contributed by atoms with Gasteiger partial charge in [-0.15, -0.1) is 0 Å². The molecular formula is C17H19NO3. The van der Waals surface area contributed by atoms with Gasteiger partial charge >= 0.3 is 5.97 Å². The number of rotatable bonds is 6. The highest BCUT2D eigenvalue weighted by atomic mass is 16.5. The SMILES string of the molecule is CCOc1cccc(C(Nc2ccccc2C)C(=O)O)c1. The maximum atomic E-state index is 11.6. The first-order valence-electron chi connectivity index (χ1n) is 6.89. The number of aryl methyl sites for hydroxylation is 1. The van der Waals surface area contributed by atoms with Gasteiger partial charge in [0.15, 0.2) is 6.04 Å². The van der Waals surface area contributed by atoms with Crippen molar-refractivity contribution in [1.29, 1.82) is 0 Å². The molecule has 0 aliphatic carbocycles. The summed E-state index contributed by atoms with van der Waals surface area (Å²) in [4.78, 5) is 11.6. The van der Waals surface area contributed by atoms with Crippen molar-refractivity contribution in [2.24, 2.45) is 0 Å². The highest BCUT2D eigenvalue weighted by molar-refractivity contribution is 5.79. The minimum atomic E-state index is -0.924. The first kappa shape index (κ1) is 14.9. The minimum absolute atomic E-state index is 0.548. The van der Waals surface area contributed by atoms with Crippen LogP contribution in [0.2, 0.25) is 0 Å². The van der Waals surface area contributed by atoms with Crippen LogP contribution < -0.4 is 10.1 Å². The Labute approximate surface area is 124 Å². The molecule has 0 aromatic heterocycles. The molecule has 0 saturated heterocycles. The number of aliphatic carboxylic acids is 1. The number of carboxylic acids is 1. The maximum Gasteiger partial charge on any atom is 0.330 e. The molecule has 2 N–H and O–H groups in total. The van der Waals surface area contributed by atoms with Crippen LogP contribution in [0.1, 0.15) is 24.1 Å². The van der Waals surface area contributed by atoms with Crippen molar-refractivity contribution in [3.05, 3.63) is 59.7 Å². The molecule has 0 radical (unpaired) electrons. The van der Waals surface area contributed by atoms with E-state index in [-0.39, 0.29) is 0 Å². The van der Waals surface area contributed by atoms with Gasteiger partial charge in [-0.1, -0.05) is 30.3 Å². The van der Waals surface area contributed by atoms with E-state index in [1.54, 1.807) is 18.2 Å². The normalized spacial score (nSPS) is 11.7. The van der Waals surface area contributed by atoms with Gasteiger partial charge in [0.2, 0.25) is 0 Å². The van der Waals surface area contributed by atoms with E-state index in [1.165, 1.54) is 0 Å². The molecule has 0 amide bonds. The minimum Gasteiger partial charge on any atom is -0.494 e. The van der Waals surface area contributed by atoms with Gasteiger partial charge in [-0.25, -0.2) is 4.79 Å². The Morgan fingerprint density at radius 3 is 2.67 bits per heavy atom. The summed E-state index contributed by atoms with van der Waals surface area (Å²) in [6.45, 7) is 4.39. The molecule has 21 heavy (non-hydrogen) atoms. The standard InChI is InChI=1S/C17H19NO3/c1-3-21-14-9-6-8-13(11-14)16(17(19)20)18-15-10-5-4-7-12(15)2/h4-11,16,18H,3H2,1-2H3,(H,19,20). The lowest BCUT2D eigenvalue weighted by Gasteiger charge is -2.18. The quantitative estimate of drug-likeness (QED) is 0.851. The topological polar surface area (TPSA) is 58.6 Å². The number of hydrogen-bond donors (Lipinski definition) is 2. The van der Waals surface area contributed by atoms with Crippen LogP contribution in [0.4, 0.5) is 5.69 Å². The molecule has 0 bridgehead atoms. The molecule has 1 unspecified atom stereocenters. The van der Waals surface area contributed by atoms with E-state index in [0.29, 0.717) is 17.9 Å². The van der Waals surface area contributed by atoms with Gasteiger partial charge < -0.3 is 15.2 Å². The second-order valence-electron chi connectivity index (χ2n) is 4.74. The Kier molecular flexibility index (Phi) is 4.82. The van der Waals surface area contributed by atoms with Gasteiger partial charge in [0.1, 0.15) is 5.75 Å². The van der Waals surface area contributed by atoms with Gasteiger partial charge in [0.05, 0.1) is 6.61 Å². The molecule has 0 aliphatic heterocycles. The summed E-state index contributed by atoms with van der Waals surface area (Å²) >= 11 is 0. The van der Waals surface area contributed by atoms with E-state index in [2.05, 4.69) is 5.32 Å². The zero-order chi connectivity index (χ0) is 15.2. The zero-order valence-electron chi connectivity index (χ0n) is 12.2. The Bertz CT molecular complexity index is 625. The summed E-state index contributed by atoms with van der Waals surface area (Å²) in [6.07, 6.45) is 0. The highest BCUT2D eigenvalue weighted by Crippen LogP contribution is 2.25. The Morgan fingerprint density at radius 2 is 2.00 bits per heavy atom. The molecule has 2 aromatic carbocycles. The monoisotopic (exact) mass is 285 g/mol. The molecule has 4 nitrogen and oxygen atoms in total. The van der Waals surface area contributed by atoms with Gasteiger partial charge in [-0.05, 0) is 43.2 Å². The third-order valence-electron chi connectivity index (χ3n) is 3.19. The third-order valence-corrected chi connectivity index (χ3v) is 3.19. The number of para-hydroxylation sites is 1. The Morgan fingerprint density at radius 1 is 1.24 bits per heavy atom. The van der Waals surface area contributed by atoms with Crippen molar-refractivity contribution in [3.8, 4) is 5.75 Å². The van der Waals surface area contributed by atoms with Crippen molar-refractivity contribution < 1.29 is 14.6 Å². The third kappa shape index (κ3) is 3.75. The predicted molar refractivity (Wildman–Crippen MR) is 82.8 cm³/mol. The summed E-state index contributed by atoms with van der Waals surface area (Å²) in [5.41, 5.74) is 2.48. The molecule has 0 heterocycles. The van der Waals surface area contributed by atoms with E-state index >= 15 is 0 Å². The number of carbonyl (C=O) groups is 1. The molecule has 0 saturated carbocycles.